The fourth-order valence-electron chi connectivity index (χ4n) is 2.01. The van der Waals surface area contributed by atoms with Gasteiger partial charge in [-0.05, 0) is 38.1 Å². The summed E-state index contributed by atoms with van der Waals surface area (Å²) >= 11 is 0. The fourth-order valence-corrected chi connectivity index (χ4v) is 2.01. The molecular formula is C11H21NO. The molecule has 2 nitrogen and oxygen atoms in total. The van der Waals surface area contributed by atoms with E-state index < -0.39 is 0 Å². The Morgan fingerprint density at radius 1 is 1.23 bits per heavy atom. The van der Waals surface area contributed by atoms with Crippen LogP contribution in [0.25, 0.3) is 0 Å². The summed E-state index contributed by atoms with van der Waals surface area (Å²) in [5, 5.41) is 3.58. The summed E-state index contributed by atoms with van der Waals surface area (Å²) in [7, 11) is 0. The smallest absolute Gasteiger partial charge is 0.0619 e. The molecule has 1 N–H and O–H groups in total. The van der Waals surface area contributed by atoms with Crippen molar-refractivity contribution in [2.45, 2.75) is 44.6 Å². The lowest BCUT2D eigenvalue weighted by Crippen LogP contribution is -2.37. The van der Waals surface area contributed by atoms with Crippen LogP contribution in [-0.4, -0.2) is 25.8 Å². The van der Waals surface area contributed by atoms with Gasteiger partial charge in [-0.2, -0.15) is 0 Å². The minimum Gasteiger partial charge on any atom is -0.380 e. The maximum atomic E-state index is 5.41. The van der Waals surface area contributed by atoms with Crippen LogP contribution in [-0.2, 0) is 4.74 Å². The van der Waals surface area contributed by atoms with Crippen LogP contribution in [0.15, 0.2) is 0 Å². The molecule has 13 heavy (non-hydrogen) atoms. The molecule has 0 aromatic heterocycles. The van der Waals surface area contributed by atoms with Crippen molar-refractivity contribution < 1.29 is 4.74 Å². The molecule has 1 heterocycles. The van der Waals surface area contributed by atoms with Gasteiger partial charge in [-0.1, -0.05) is 12.8 Å². The maximum absolute atomic E-state index is 5.41. The lowest BCUT2D eigenvalue weighted by Gasteiger charge is -2.23. The lowest BCUT2D eigenvalue weighted by atomic mass is 10.1. The van der Waals surface area contributed by atoms with Gasteiger partial charge in [-0.3, -0.25) is 0 Å². The Labute approximate surface area is 81.0 Å². The molecular weight excluding hydrogens is 162 g/mol. The van der Waals surface area contributed by atoms with Crippen LogP contribution in [0.1, 0.15) is 38.5 Å². The Kier molecular flexibility index (Phi) is 3.62. The van der Waals surface area contributed by atoms with Crippen LogP contribution in [0, 0.1) is 5.92 Å². The van der Waals surface area contributed by atoms with E-state index in [9.17, 15) is 0 Å². The summed E-state index contributed by atoms with van der Waals surface area (Å²) in [4.78, 5) is 0. The van der Waals surface area contributed by atoms with E-state index in [0.29, 0.717) is 6.04 Å². The quantitative estimate of drug-likeness (QED) is 0.658. The summed E-state index contributed by atoms with van der Waals surface area (Å²) in [6.45, 7) is 3.11. The van der Waals surface area contributed by atoms with Gasteiger partial charge in [0.15, 0.2) is 0 Å². The molecule has 0 amide bonds. The average molecular weight is 183 g/mol. The Morgan fingerprint density at radius 3 is 2.85 bits per heavy atom. The normalized spacial score (nSPS) is 29.1. The molecule has 1 aliphatic carbocycles. The molecule has 0 aromatic carbocycles. The van der Waals surface area contributed by atoms with Gasteiger partial charge in [-0.25, -0.2) is 0 Å². The second kappa shape index (κ2) is 4.97. The van der Waals surface area contributed by atoms with Crippen LogP contribution >= 0.6 is 0 Å². The van der Waals surface area contributed by atoms with E-state index in [1.165, 1.54) is 45.1 Å². The van der Waals surface area contributed by atoms with Crippen molar-refractivity contribution in [3.63, 3.8) is 0 Å². The van der Waals surface area contributed by atoms with Gasteiger partial charge in [0.05, 0.1) is 6.61 Å². The lowest BCUT2D eigenvalue weighted by molar-refractivity contribution is 0.0704. The molecule has 0 radical (unpaired) electrons. The van der Waals surface area contributed by atoms with Crippen LogP contribution in [0.3, 0.4) is 0 Å². The van der Waals surface area contributed by atoms with Gasteiger partial charge in [0.2, 0.25) is 0 Å². The van der Waals surface area contributed by atoms with Crippen molar-refractivity contribution in [2.24, 2.45) is 5.92 Å². The van der Waals surface area contributed by atoms with Crippen molar-refractivity contribution in [3.8, 4) is 0 Å². The van der Waals surface area contributed by atoms with Gasteiger partial charge >= 0.3 is 0 Å². The van der Waals surface area contributed by atoms with Crippen molar-refractivity contribution in [1.82, 2.24) is 5.32 Å². The molecule has 2 rings (SSSR count). The zero-order valence-electron chi connectivity index (χ0n) is 8.43. The summed E-state index contributed by atoms with van der Waals surface area (Å²) in [5.74, 6) is 1.09. The van der Waals surface area contributed by atoms with E-state index in [2.05, 4.69) is 5.32 Å². The van der Waals surface area contributed by atoms with Gasteiger partial charge in [0, 0.05) is 12.6 Å². The molecule has 1 saturated carbocycles. The third kappa shape index (κ3) is 3.65. The highest BCUT2D eigenvalue weighted by atomic mass is 16.5. The van der Waals surface area contributed by atoms with Crippen LogP contribution in [0.4, 0.5) is 0 Å². The largest absolute Gasteiger partial charge is 0.380 e. The predicted molar refractivity (Wildman–Crippen MR) is 53.8 cm³/mol. The second-order valence-electron chi connectivity index (χ2n) is 4.45. The van der Waals surface area contributed by atoms with E-state index in [4.69, 9.17) is 4.74 Å². The number of hydrogen-bond acceptors (Lipinski definition) is 2. The monoisotopic (exact) mass is 183 g/mol. The highest BCUT2D eigenvalue weighted by molar-refractivity contribution is 4.74. The maximum Gasteiger partial charge on any atom is 0.0619 e. The number of nitrogens with one attached hydrogen (secondary N) is 1. The third-order valence-corrected chi connectivity index (χ3v) is 3.08. The summed E-state index contributed by atoms with van der Waals surface area (Å²) in [6, 6.07) is 0.646. The van der Waals surface area contributed by atoms with Gasteiger partial charge < -0.3 is 10.1 Å². The molecule has 0 aromatic rings. The van der Waals surface area contributed by atoms with E-state index in [1.807, 2.05) is 0 Å². The van der Waals surface area contributed by atoms with Crippen molar-refractivity contribution in [3.05, 3.63) is 0 Å². The van der Waals surface area contributed by atoms with Gasteiger partial charge in [0.25, 0.3) is 0 Å². The first-order valence-corrected chi connectivity index (χ1v) is 5.76. The van der Waals surface area contributed by atoms with E-state index in [-0.39, 0.29) is 0 Å². The molecule has 1 saturated heterocycles. The zero-order valence-corrected chi connectivity index (χ0v) is 8.43. The highest BCUT2D eigenvalue weighted by Crippen LogP contribution is 2.33. The zero-order chi connectivity index (χ0) is 8.93. The standard InChI is InChI=1S/C11H21NO/c1(3-10-5-6-10)7-12-11-4-2-8-13-9-11/h10-12H,1-9H2. The molecule has 1 unspecified atom stereocenters. The molecule has 2 heteroatoms. The molecule has 1 atom stereocenters. The van der Waals surface area contributed by atoms with E-state index in [0.717, 1.165) is 19.1 Å². The summed E-state index contributed by atoms with van der Waals surface area (Å²) < 4.78 is 5.41. The Morgan fingerprint density at radius 2 is 2.15 bits per heavy atom. The van der Waals surface area contributed by atoms with E-state index >= 15 is 0 Å². The molecule has 2 fully saturated rings. The number of ether oxygens (including phenoxy) is 1. The van der Waals surface area contributed by atoms with Gasteiger partial charge in [0.1, 0.15) is 0 Å². The minimum atomic E-state index is 0.646. The molecule has 0 bridgehead atoms. The molecule has 2 aliphatic rings. The second-order valence-corrected chi connectivity index (χ2v) is 4.45. The molecule has 76 valence electrons. The topological polar surface area (TPSA) is 21.3 Å². The summed E-state index contributed by atoms with van der Waals surface area (Å²) in [6.07, 6.45) is 8.34. The van der Waals surface area contributed by atoms with Crippen LogP contribution in [0.5, 0.6) is 0 Å². The first-order valence-electron chi connectivity index (χ1n) is 5.76. The summed E-state index contributed by atoms with van der Waals surface area (Å²) in [5.41, 5.74) is 0. The molecule has 0 spiro atoms. The van der Waals surface area contributed by atoms with Crippen molar-refractivity contribution in [2.75, 3.05) is 19.8 Å². The fraction of sp³-hybridized carbons (Fsp3) is 1.00. The predicted octanol–water partition coefficient (Wildman–Crippen LogP) is 1.95. The SMILES string of the molecule is C(CNC1CCCOC1)CC1CC1. The average Bonchev–Trinajstić information content (AvgIpc) is 2.98. The number of hydrogen-bond donors (Lipinski definition) is 1. The van der Waals surface area contributed by atoms with Crippen molar-refractivity contribution >= 4 is 0 Å². The Bertz CT molecular complexity index is 139. The van der Waals surface area contributed by atoms with E-state index in [1.54, 1.807) is 0 Å². The molecule has 1 aliphatic heterocycles. The third-order valence-electron chi connectivity index (χ3n) is 3.08. The Hall–Kier alpha value is -0.0800. The first-order chi connectivity index (χ1) is 6.45. The number of rotatable bonds is 5. The van der Waals surface area contributed by atoms with Crippen molar-refractivity contribution in [1.29, 1.82) is 0 Å². The van der Waals surface area contributed by atoms with Crippen LogP contribution < -0.4 is 5.32 Å². The van der Waals surface area contributed by atoms with Crippen LogP contribution in [0.2, 0.25) is 0 Å². The Balaban J connectivity index is 1.46. The minimum absolute atomic E-state index is 0.646. The van der Waals surface area contributed by atoms with Gasteiger partial charge in [-0.15, -0.1) is 0 Å². The highest BCUT2D eigenvalue weighted by Gasteiger charge is 2.20. The first kappa shape index (κ1) is 9.47.